The summed E-state index contributed by atoms with van der Waals surface area (Å²) in [6, 6.07) is 7.96. The number of hydrogen-bond acceptors (Lipinski definition) is 2. The zero-order chi connectivity index (χ0) is 14.5. The highest BCUT2D eigenvalue weighted by atomic mass is 16.1. The van der Waals surface area contributed by atoms with Gasteiger partial charge >= 0.3 is 0 Å². The van der Waals surface area contributed by atoms with Gasteiger partial charge in [-0.05, 0) is 43.4 Å². The molecule has 0 aromatic heterocycles. The third-order valence-corrected chi connectivity index (χ3v) is 4.51. The van der Waals surface area contributed by atoms with E-state index in [0.29, 0.717) is 11.7 Å². The van der Waals surface area contributed by atoms with Gasteiger partial charge in [-0.1, -0.05) is 38.3 Å². The standard InChI is InChI=1S/C17H26N2O/c1-3-13-6-4-9-16(10-13)19-17(20)12(2)14-7-5-8-15(18)11-14/h5,7-8,11-13,16H,3-4,6,9-10,18H2,1-2H3,(H,19,20). The zero-order valence-electron chi connectivity index (χ0n) is 12.6. The molecular weight excluding hydrogens is 248 g/mol. The van der Waals surface area contributed by atoms with E-state index in [1.807, 2.05) is 31.2 Å². The number of nitrogens with two attached hydrogens (primary N) is 1. The topological polar surface area (TPSA) is 55.1 Å². The fraction of sp³-hybridized carbons (Fsp3) is 0.588. The molecule has 3 N–H and O–H groups in total. The van der Waals surface area contributed by atoms with Gasteiger partial charge in [-0.3, -0.25) is 4.79 Å². The maximum absolute atomic E-state index is 12.4. The van der Waals surface area contributed by atoms with Crippen LogP contribution in [0.3, 0.4) is 0 Å². The van der Waals surface area contributed by atoms with E-state index in [-0.39, 0.29) is 11.8 Å². The molecular formula is C17H26N2O. The van der Waals surface area contributed by atoms with Crippen LogP contribution in [0.1, 0.15) is 57.4 Å². The Bertz CT molecular complexity index is 458. The highest BCUT2D eigenvalue weighted by Gasteiger charge is 2.24. The number of carbonyl (C=O) groups is 1. The number of carbonyl (C=O) groups excluding carboxylic acids is 1. The summed E-state index contributed by atoms with van der Waals surface area (Å²) in [4.78, 5) is 12.4. The normalized spacial score (nSPS) is 24.1. The number of nitrogen functional groups attached to an aromatic ring is 1. The lowest BCUT2D eigenvalue weighted by atomic mass is 9.84. The Kier molecular flexibility index (Phi) is 5.05. The lowest BCUT2D eigenvalue weighted by Gasteiger charge is -2.30. The first-order valence-electron chi connectivity index (χ1n) is 7.76. The quantitative estimate of drug-likeness (QED) is 0.826. The van der Waals surface area contributed by atoms with E-state index in [1.54, 1.807) is 0 Å². The Morgan fingerprint density at radius 1 is 1.45 bits per heavy atom. The van der Waals surface area contributed by atoms with Crippen molar-refractivity contribution in [2.24, 2.45) is 5.92 Å². The molecule has 3 heteroatoms. The molecule has 1 saturated carbocycles. The first kappa shape index (κ1) is 14.9. The lowest BCUT2D eigenvalue weighted by molar-refractivity contribution is -0.123. The zero-order valence-corrected chi connectivity index (χ0v) is 12.6. The van der Waals surface area contributed by atoms with Crippen molar-refractivity contribution in [1.82, 2.24) is 5.32 Å². The van der Waals surface area contributed by atoms with Crippen molar-refractivity contribution in [2.75, 3.05) is 5.73 Å². The molecule has 1 amide bonds. The van der Waals surface area contributed by atoms with E-state index < -0.39 is 0 Å². The van der Waals surface area contributed by atoms with Gasteiger partial charge in [-0.15, -0.1) is 0 Å². The van der Waals surface area contributed by atoms with E-state index in [9.17, 15) is 4.79 Å². The molecule has 1 aliphatic rings. The van der Waals surface area contributed by atoms with E-state index in [2.05, 4.69) is 12.2 Å². The molecule has 0 bridgehead atoms. The summed E-state index contributed by atoms with van der Waals surface area (Å²) in [5.74, 6) is 0.759. The van der Waals surface area contributed by atoms with Gasteiger partial charge in [0.25, 0.3) is 0 Å². The summed E-state index contributed by atoms with van der Waals surface area (Å²) in [6.07, 6.45) is 6.01. The molecule has 0 aliphatic heterocycles. The van der Waals surface area contributed by atoms with Crippen LogP contribution in [0, 0.1) is 5.92 Å². The van der Waals surface area contributed by atoms with E-state index in [4.69, 9.17) is 5.73 Å². The maximum atomic E-state index is 12.4. The van der Waals surface area contributed by atoms with Gasteiger partial charge < -0.3 is 11.1 Å². The Balaban J connectivity index is 1.94. The highest BCUT2D eigenvalue weighted by Crippen LogP contribution is 2.27. The summed E-state index contributed by atoms with van der Waals surface area (Å²) in [5.41, 5.74) is 7.49. The van der Waals surface area contributed by atoms with Gasteiger partial charge in [0.1, 0.15) is 0 Å². The Morgan fingerprint density at radius 2 is 2.25 bits per heavy atom. The number of nitrogens with one attached hydrogen (secondary N) is 1. The number of amides is 1. The minimum Gasteiger partial charge on any atom is -0.399 e. The number of rotatable bonds is 4. The van der Waals surface area contributed by atoms with Crippen LogP contribution in [-0.4, -0.2) is 11.9 Å². The smallest absolute Gasteiger partial charge is 0.227 e. The van der Waals surface area contributed by atoms with Crippen LogP contribution >= 0.6 is 0 Å². The molecule has 110 valence electrons. The van der Waals surface area contributed by atoms with Crippen LogP contribution in [0.2, 0.25) is 0 Å². The van der Waals surface area contributed by atoms with Crippen molar-refractivity contribution < 1.29 is 4.79 Å². The number of hydrogen-bond donors (Lipinski definition) is 2. The highest BCUT2D eigenvalue weighted by molar-refractivity contribution is 5.83. The van der Waals surface area contributed by atoms with Crippen molar-refractivity contribution in [3.63, 3.8) is 0 Å². The van der Waals surface area contributed by atoms with Crippen LogP contribution in [0.15, 0.2) is 24.3 Å². The largest absolute Gasteiger partial charge is 0.399 e. The second-order valence-corrected chi connectivity index (χ2v) is 6.04. The minimum atomic E-state index is -0.138. The second kappa shape index (κ2) is 6.78. The molecule has 3 nitrogen and oxygen atoms in total. The van der Waals surface area contributed by atoms with Crippen LogP contribution in [0.25, 0.3) is 0 Å². The summed E-state index contributed by atoms with van der Waals surface area (Å²) >= 11 is 0. The first-order valence-corrected chi connectivity index (χ1v) is 7.76. The molecule has 0 heterocycles. The number of benzene rings is 1. The van der Waals surface area contributed by atoms with Crippen LogP contribution in [-0.2, 0) is 4.79 Å². The molecule has 20 heavy (non-hydrogen) atoms. The van der Waals surface area contributed by atoms with Crippen molar-refractivity contribution in [3.8, 4) is 0 Å². The SMILES string of the molecule is CCC1CCCC(NC(=O)C(C)c2cccc(N)c2)C1. The van der Waals surface area contributed by atoms with Crippen LogP contribution in [0.4, 0.5) is 5.69 Å². The molecule has 1 fully saturated rings. The van der Waals surface area contributed by atoms with Gasteiger partial charge in [-0.25, -0.2) is 0 Å². The van der Waals surface area contributed by atoms with E-state index in [1.165, 1.54) is 19.3 Å². The molecule has 0 saturated heterocycles. The summed E-state index contributed by atoms with van der Waals surface area (Å²) in [6.45, 7) is 4.19. The summed E-state index contributed by atoms with van der Waals surface area (Å²) < 4.78 is 0. The predicted molar refractivity (Wildman–Crippen MR) is 83.4 cm³/mol. The second-order valence-electron chi connectivity index (χ2n) is 6.04. The van der Waals surface area contributed by atoms with Gasteiger partial charge in [0.15, 0.2) is 0 Å². The maximum Gasteiger partial charge on any atom is 0.227 e. The van der Waals surface area contributed by atoms with Gasteiger partial charge in [0.2, 0.25) is 5.91 Å². The monoisotopic (exact) mass is 274 g/mol. The average molecular weight is 274 g/mol. The molecule has 0 spiro atoms. The van der Waals surface area contributed by atoms with Crippen LogP contribution in [0.5, 0.6) is 0 Å². The van der Waals surface area contributed by atoms with Gasteiger partial charge in [-0.2, -0.15) is 0 Å². The molecule has 1 aromatic rings. The Morgan fingerprint density at radius 3 is 2.95 bits per heavy atom. The van der Waals surface area contributed by atoms with Crippen molar-refractivity contribution in [2.45, 2.75) is 57.9 Å². The Labute approximate surface area is 121 Å². The van der Waals surface area contributed by atoms with Crippen molar-refractivity contribution >= 4 is 11.6 Å². The lowest BCUT2D eigenvalue weighted by Crippen LogP contribution is -2.40. The molecule has 1 aromatic carbocycles. The van der Waals surface area contributed by atoms with Crippen molar-refractivity contribution in [1.29, 1.82) is 0 Å². The van der Waals surface area contributed by atoms with Crippen molar-refractivity contribution in [3.05, 3.63) is 29.8 Å². The Hall–Kier alpha value is -1.51. The third kappa shape index (κ3) is 3.75. The minimum absolute atomic E-state index is 0.123. The molecule has 3 unspecified atom stereocenters. The molecule has 1 aliphatic carbocycles. The fourth-order valence-electron chi connectivity index (χ4n) is 3.10. The summed E-state index contributed by atoms with van der Waals surface area (Å²) in [7, 11) is 0. The average Bonchev–Trinajstić information content (AvgIpc) is 2.46. The first-order chi connectivity index (χ1) is 9.60. The third-order valence-electron chi connectivity index (χ3n) is 4.51. The fourth-order valence-corrected chi connectivity index (χ4v) is 3.10. The van der Waals surface area contributed by atoms with Crippen LogP contribution < -0.4 is 11.1 Å². The van der Waals surface area contributed by atoms with Gasteiger partial charge in [0, 0.05) is 11.7 Å². The summed E-state index contributed by atoms with van der Waals surface area (Å²) in [5, 5.41) is 3.22. The van der Waals surface area contributed by atoms with E-state index >= 15 is 0 Å². The molecule has 3 atom stereocenters. The van der Waals surface area contributed by atoms with E-state index in [0.717, 1.165) is 24.3 Å². The van der Waals surface area contributed by atoms with Gasteiger partial charge in [0.05, 0.1) is 5.92 Å². The molecule has 0 radical (unpaired) electrons. The predicted octanol–water partition coefficient (Wildman–Crippen LogP) is 3.46. The number of anilines is 1. The molecule has 2 rings (SSSR count).